The molecule has 15 heavy (non-hydrogen) atoms. The number of halogens is 2. The lowest BCUT2D eigenvalue weighted by molar-refractivity contribution is 0.886. The second-order valence-corrected chi connectivity index (χ2v) is 3.74. The molecule has 0 fully saturated rings. The normalized spacial score (nSPS) is 8.20. The zero-order chi connectivity index (χ0) is 12.3. The van der Waals surface area contributed by atoms with E-state index in [4.69, 9.17) is 23.2 Å². The van der Waals surface area contributed by atoms with E-state index in [9.17, 15) is 0 Å². The highest BCUT2D eigenvalue weighted by atomic mass is 35.5. The van der Waals surface area contributed by atoms with Crippen molar-refractivity contribution in [3.63, 3.8) is 0 Å². The van der Waals surface area contributed by atoms with Crippen LogP contribution in [-0.4, -0.2) is 0 Å². The lowest BCUT2D eigenvalue weighted by atomic mass is 10.2. The van der Waals surface area contributed by atoms with Crippen molar-refractivity contribution in [1.82, 2.24) is 0 Å². The highest BCUT2D eigenvalue weighted by Gasteiger charge is 1.92. The zero-order valence-electron chi connectivity index (χ0n) is 10.4. The SMILES string of the molecule is CC.CCCC.Cc1ccc(Cl)cc1Cl. The fraction of sp³-hybridized carbons (Fsp3) is 0.538. The van der Waals surface area contributed by atoms with Gasteiger partial charge in [-0.2, -0.15) is 0 Å². The van der Waals surface area contributed by atoms with Crippen molar-refractivity contribution in [3.8, 4) is 0 Å². The molecule has 2 heteroatoms. The van der Waals surface area contributed by atoms with Gasteiger partial charge in [0, 0.05) is 10.0 Å². The molecule has 0 aliphatic heterocycles. The summed E-state index contributed by atoms with van der Waals surface area (Å²) in [5.74, 6) is 0. The summed E-state index contributed by atoms with van der Waals surface area (Å²) in [5.41, 5.74) is 1.06. The van der Waals surface area contributed by atoms with Crippen LogP contribution < -0.4 is 0 Å². The molecule has 0 atom stereocenters. The number of hydrogen-bond acceptors (Lipinski definition) is 0. The van der Waals surface area contributed by atoms with Crippen LogP contribution in [0.5, 0.6) is 0 Å². The number of benzene rings is 1. The van der Waals surface area contributed by atoms with Crippen molar-refractivity contribution in [2.45, 2.75) is 47.5 Å². The van der Waals surface area contributed by atoms with Crippen molar-refractivity contribution >= 4 is 23.2 Å². The van der Waals surface area contributed by atoms with Crippen molar-refractivity contribution in [1.29, 1.82) is 0 Å². The standard InChI is InChI=1S/C7H6Cl2.C4H10.C2H6/c1-5-2-3-6(8)4-7(5)9;1-3-4-2;1-2/h2-4H,1H3;3-4H2,1-2H3;1-2H3. The molecule has 0 unspecified atom stereocenters. The minimum atomic E-state index is 0.686. The van der Waals surface area contributed by atoms with Gasteiger partial charge in [-0.3, -0.25) is 0 Å². The minimum Gasteiger partial charge on any atom is -0.0843 e. The molecule has 0 amide bonds. The van der Waals surface area contributed by atoms with E-state index in [1.165, 1.54) is 12.8 Å². The summed E-state index contributed by atoms with van der Waals surface area (Å²) < 4.78 is 0. The third-order valence-electron chi connectivity index (χ3n) is 1.63. The lowest BCUT2D eigenvalue weighted by Gasteiger charge is -1.94. The van der Waals surface area contributed by atoms with Gasteiger partial charge in [-0.25, -0.2) is 0 Å². The molecule has 1 aromatic carbocycles. The average Bonchev–Trinajstić information content (AvgIpc) is 2.27. The largest absolute Gasteiger partial charge is 0.0843 e. The molecule has 0 saturated carbocycles. The second kappa shape index (κ2) is 11.9. The van der Waals surface area contributed by atoms with Crippen LogP contribution in [0.3, 0.4) is 0 Å². The molecule has 88 valence electrons. The summed E-state index contributed by atoms with van der Waals surface area (Å²) in [5, 5.41) is 1.41. The predicted molar refractivity (Wildman–Crippen MR) is 73.1 cm³/mol. The van der Waals surface area contributed by atoms with Crippen LogP contribution >= 0.6 is 23.2 Å². The van der Waals surface area contributed by atoms with E-state index < -0.39 is 0 Å². The smallest absolute Gasteiger partial charge is 0.0449 e. The topological polar surface area (TPSA) is 0 Å². The van der Waals surface area contributed by atoms with Crippen molar-refractivity contribution in [3.05, 3.63) is 33.8 Å². The van der Waals surface area contributed by atoms with Gasteiger partial charge in [0.1, 0.15) is 0 Å². The molecule has 1 rings (SSSR count). The Balaban J connectivity index is 0. The van der Waals surface area contributed by atoms with Gasteiger partial charge in [-0.05, 0) is 24.6 Å². The Kier molecular flexibility index (Phi) is 13.6. The molecular formula is C13H22Cl2. The van der Waals surface area contributed by atoms with Crippen molar-refractivity contribution in [2.75, 3.05) is 0 Å². The van der Waals surface area contributed by atoms with E-state index in [-0.39, 0.29) is 0 Å². The Morgan fingerprint density at radius 3 is 1.73 bits per heavy atom. The molecule has 1 aromatic rings. The Morgan fingerprint density at radius 2 is 1.47 bits per heavy atom. The average molecular weight is 249 g/mol. The van der Waals surface area contributed by atoms with Gasteiger partial charge >= 0.3 is 0 Å². The monoisotopic (exact) mass is 248 g/mol. The van der Waals surface area contributed by atoms with Gasteiger partial charge < -0.3 is 0 Å². The van der Waals surface area contributed by atoms with Crippen LogP contribution in [0.4, 0.5) is 0 Å². The molecular weight excluding hydrogens is 227 g/mol. The Labute approximate surface area is 105 Å². The van der Waals surface area contributed by atoms with Crippen LogP contribution in [0, 0.1) is 6.92 Å². The molecule has 0 spiro atoms. The number of unbranched alkanes of at least 4 members (excludes halogenated alkanes) is 1. The highest BCUT2D eigenvalue weighted by molar-refractivity contribution is 6.35. The Bertz CT molecular complexity index is 242. The fourth-order valence-electron chi connectivity index (χ4n) is 0.567. The summed E-state index contributed by atoms with van der Waals surface area (Å²) in [7, 11) is 0. The third-order valence-corrected chi connectivity index (χ3v) is 2.28. The summed E-state index contributed by atoms with van der Waals surface area (Å²) in [4.78, 5) is 0. The van der Waals surface area contributed by atoms with Gasteiger partial charge in [0.25, 0.3) is 0 Å². The Hall–Kier alpha value is -0.200. The third kappa shape index (κ3) is 10.1. The fourth-order valence-corrected chi connectivity index (χ4v) is 0.976. The lowest BCUT2D eigenvalue weighted by Crippen LogP contribution is -1.71. The van der Waals surface area contributed by atoms with Gasteiger partial charge in [-0.1, -0.05) is 69.8 Å². The van der Waals surface area contributed by atoms with Crippen LogP contribution in [-0.2, 0) is 0 Å². The van der Waals surface area contributed by atoms with Crippen LogP contribution in [0.25, 0.3) is 0 Å². The molecule has 0 bridgehead atoms. The minimum absolute atomic E-state index is 0.686. The molecule has 0 N–H and O–H groups in total. The molecule has 0 nitrogen and oxygen atoms in total. The van der Waals surface area contributed by atoms with Crippen LogP contribution in [0.15, 0.2) is 18.2 Å². The summed E-state index contributed by atoms with van der Waals surface area (Å²) in [6, 6.07) is 5.45. The highest BCUT2D eigenvalue weighted by Crippen LogP contribution is 2.19. The van der Waals surface area contributed by atoms with Gasteiger partial charge in [0.15, 0.2) is 0 Å². The maximum Gasteiger partial charge on any atom is 0.0449 e. The zero-order valence-corrected chi connectivity index (χ0v) is 11.9. The molecule has 0 heterocycles. The van der Waals surface area contributed by atoms with Gasteiger partial charge in [0.2, 0.25) is 0 Å². The second-order valence-electron chi connectivity index (χ2n) is 2.89. The van der Waals surface area contributed by atoms with Crippen LogP contribution in [0.1, 0.15) is 46.1 Å². The van der Waals surface area contributed by atoms with E-state index in [0.29, 0.717) is 5.02 Å². The van der Waals surface area contributed by atoms with E-state index >= 15 is 0 Å². The van der Waals surface area contributed by atoms with E-state index in [2.05, 4.69) is 13.8 Å². The number of rotatable bonds is 1. The van der Waals surface area contributed by atoms with Crippen molar-refractivity contribution in [2.24, 2.45) is 0 Å². The molecule has 0 radical (unpaired) electrons. The molecule has 0 aliphatic carbocycles. The first kappa shape index (κ1) is 17.2. The Morgan fingerprint density at radius 1 is 1.00 bits per heavy atom. The van der Waals surface area contributed by atoms with E-state index in [0.717, 1.165) is 10.6 Å². The van der Waals surface area contributed by atoms with Gasteiger partial charge in [-0.15, -0.1) is 0 Å². The first-order valence-corrected chi connectivity index (χ1v) is 6.29. The van der Waals surface area contributed by atoms with Crippen molar-refractivity contribution < 1.29 is 0 Å². The summed E-state index contributed by atoms with van der Waals surface area (Å²) >= 11 is 11.4. The van der Waals surface area contributed by atoms with Crippen LogP contribution in [0.2, 0.25) is 10.0 Å². The predicted octanol–water partition coefficient (Wildman–Crippen LogP) is 6.13. The van der Waals surface area contributed by atoms with E-state index in [1.807, 2.05) is 32.9 Å². The maximum absolute atomic E-state index is 5.73. The van der Waals surface area contributed by atoms with Gasteiger partial charge in [0.05, 0.1) is 0 Å². The first-order chi connectivity index (χ1) is 7.11. The molecule has 0 aromatic heterocycles. The summed E-state index contributed by atoms with van der Waals surface area (Å²) in [6.45, 7) is 10.3. The number of aryl methyl sites for hydroxylation is 1. The number of hydrogen-bond donors (Lipinski definition) is 0. The molecule has 0 saturated heterocycles. The van der Waals surface area contributed by atoms with E-state index in [1.54, 1.807) is 6.07 Å². The maximum atomic E-state index is 5.73. The first-order valence-electron chi connectivity index (χ1n) is 5.53. The summed E-state index contributed by atoms with van der Waals surface area (Å²) in [6.07, 6.45) is 2.64. The molecule has 0 aliphatic rings. The quantitative estimate of drug-likeness (QED) is 0.561.